The van der Waals surface area contributed by atoms with Gasteiger partial charge in [-0.2, -0.15) is 0 Å². The maximum atomic E-state index is 14.1. The Labute approximate surface area is 150 Å². The fourth-order valence-electron chi connectivity index (χ4n) is 4.06. The number of para-hydroxylation sites is 2. The molecule has 1 aliphatic rings. The number of halogens is 2. The van der Waals surface area contributed by atoms with E-state index in [2.05, 4.69) is 9.88 Å². The molecular weight excluding hydrogens is 336 g/mol. The number of hydrogen-bond acceptors (Lipinski definition) is 2. The second-order valence-electron chi connectivity index (χ2n) is 6.90. The monoisotopic (exact) mass is 357 g/mol. The molecule has 2 heterocycles. The molecule has 0 saturated carbocycles. The molecule has 1 N–H and O–H groups in total. The Morgan fingerprint density at radius 2 is 1.69 bits per heavy atom. The van der Waals surface area contributed by atoms with Crippen molar-refractivity contribution in [1.29, 1.82) is 0 Å². The van der Waals surface area contributed by atoms with E-state index in [0.717, 1.165) is 23.9 Å². The standard InChI is InChI=1S/C20H21F2N3O/c1-13(19-15(21)5-4-6-16(19)22)24-11-9-14(10-12-24)25-18-8-3-2-7-17(18)23-20(25)26/h2-8,13-14H,9-12H2,1H3,(H,23,26)/t13-/m0/s1. The van der Waals surface area contributed by atoms with Gasteiger partial charge < -0.3 is 4.98 Å². The van der Waals surface area contributed by atoms with E-state index in [1.54, 1.807) is 0 Å². The van der Waals surface area contributed by atoms with Crippen molar-refractivity contribution in [2.45, 2.75) is 31.8 Å². The highest BCUT2D eigenvalue weighted by Crippen LogP contribution is 2.31. The summed E-state index contributed by atoms with van der Waals surface area (Å²) >= 11 is 0. The third-order valence-corrected chi connectivity index (χ3v) is 5.45. The number of aromatic amines is 1. The Bertz CT molecular complexity index is 966. The SMILES string of the molecule is C[C@@H](c1c(F)cccc1F)N1CCC(n2c(=O)[nH]c3ccccc32)CC1. The molecule has 1 atom stereocenters. The van der Waals surface area contributed by atoms with Crippen LogP contribution in [-0.4, -0.2) is 27.5 Å². The van der Waals surface area contributed by atoms with E-state index in [-0.39, 0.29) is 23.3 Å². The molecule has 1 saturated heterocycles. The van der Waals surface area contributed by atoms with Gasteiger partial charge in [0.15, 0.2) is 0 Å². The summed E-state index contributed by atoms with van der Waals surface area (Å²) in [6, 6.07) is 11.4. The molecule has 0 spiro atoms. The molecule has 3 aromatic rings. The normalized spacial score (nSPS) is 17.7. The summed E-state index contributed by atoms with van der Waals surface area (Å²) in [6.07, 6.45) is 1.53. The molecule has 0 radical (unpaired) electrons. The Balaban J connectivity index is 1.54. The van der Waals surface area contributed by atoms with Gasteiger partial charge in [-0.1, -0.05) is 18.2 Å². The van der Waals surface area contributed by atoms with Crippen LogP contribution >= 0.6 is 0 Å². The van der Waals surface area contributed by atoms with Gasteiger partial charge in [0.25, 0.3) is 0 Å². The van der Waals surface area contributed by atoms with E-state index < -0.39 is 11.6 Å². The van der Waals surface area contributed by atoms with Crippen molar-refractivity contribution in [2.24, 2.45) is 0 Å². The van der Waals surface area contributed by atoms with Crippen molar-refractivity contribution in [1.82, 2.24) is 14.5 Å². The van der Waals surface area contributed by atoms with Crippen LogP contribution in [0.15, 0.2) is 47.3 Å². The maximum absolute atomic E-state index is 14.1. The molecule has 0 aliphatic carbocycles. The molecule has 4 nitrogen and oxygen atoms in total. The average Bonchev–Trinajstić information content (AvgIpc) is 2.97. The number of aromatic nitrogens is 2. The molecule has 0 unspecified atom stereocenters. The summed E-state index contributed by atoms with van der Waals surface area (Å²) in [6.45, 7) is 3.21. The zero-order valence-electron chi connectivity index (χ0n) is 14.6. The highest BCUT2D eigenvalue weighted by molar-refractivity contribution is 5.75. The number of nitrogens with zero attached hydrogens (tertiary/aromatic N) is 2. The van der Waals surface area contributed by atoms with E-state index in [1.165, 1.54) is 18.2 Å². The number of nitrogens with one attached hydrogen (secondary N) is 1. The zero-order chi connectivity index (χ0) is 18.3. The van der Waals surface area contributed by atoms with Crippen LogP contribution in [0, 0.1) is 11.6 Å². The number of fused-ring (bicyclic) bond motifs is 1. The molecule has 2 aromatic carbocycles. The molecule has 6 heteroatoms. The Kier molecular flexibility index (Phi) is 4.36. The van der Waals surface area contributed by atoms with E-state index >= 15 is 0 Å². The molecule has 26 heavy (non-hydrogen) atoms. The van der Waals surface area contributed by atoms with Crippen LogP contribution in [-0.2, 0) is 0 Å². The zero-order valence-corrected chi connectivity index (χ0v) is 14.6. The van der Waals surface area contributed by atoms with Gasteiger partial charge in [-0.3, -0.25) is 9.47 Å². The third kappa shape index (κ3) is 2.84. The van der Waals surface area contributed by atoms with Crippen molar-refractivity contribution in [2.75, 3.05) is 13.1 Å². The summed E-state index contributed by atoms with van der Waals surface area (Å²) in [5.74, 6) is -1.01. The van der Waals surface area contributed by atoms with E-state index in [4.69, 9.17) is 0 Å². The van der Waals surface area contributed by atoms with Crippen molar-refractivity contribution in [3.05, 3.63) is 70.1 Å². The lowest BCUT2D eigenvalue weighted by atomic mass is 9.99. The first-order chi connectivity index (χ1) is 12.6. The van der Waals surface area contributed by atoms with Gasteiger partial charge in [0.05, 0.1) is 11.0 Å². The van der Waals surface area contributed by atoms with Gasteiger partial charge in [-0.25, -0.2) is 13.6 Å². The van der Waals surface area contributed by atoms with Gasteiger partial charge in [0, 0.05) is 30.7 Å². The average molecular weight is 357 g/mol. The highest BCUT2D eigenvalue weighted by atomic mass is 19.1. The number of benzene rings is 2. The van der Waals surface area contributed by atoms with Crippen LogP contribution in [0.25, 0.3) is 11.0 Å². The number of piperidine rings is 1. The number of H-pyrrole nitrogens is 1. The fraction of sp³-hybridized carbons (Fsp3) is 0.350. The minimum atomic E-state index is -0.507. The van der Waals surface area contributed by atoms with Crippen LogP contribution in [0.4, 0.5) is 8.78 Å². The predicted octanol–water partition coefficient (Wildman–Crippen LogP) is 4.01. The van der Waals surface area contributed by atoms with Gasteiger partial charge in [-0.05, 0) is 44.0 Å². The molecule has 1 aliphatic heterocycles. The molecule has 136 valence electrons. The summed E-state index contributed by atoms with van der Waals surface area (Å²) in [4.78, 5) is 17.3. The van der Waals surface area contributed by atoms with Gasteiger partial charge >= 0.3 is 5.69 Å². The molecular formula is C20H21F2N3O. The first-order valence-electron chi connectivity index (χ1n) is 8.93. The second kappa shape index (κ2) is 6.68. The predicted molar refractivity (Wildman–Crippen MR) is 97.2 cm³/mol. The Morgan fingerprint density at radius 3 is 2.38 bits per heavy atom. The van der Waals surface area contributed by atoms with E-state index in [1.807, 2.05) is 35.8 Å². The Hall–Kier alpha value is -2.47. The van der Waals surface area contributed by atoms with Crippen LogP contribution in [0.2, 0.25) is 0 Å². The number of hydrogen-bond donors (Lipinski definition) is 1. The number of likely N-dealkylation sites (tertiary alicyclic amines) is 1. The topological polar surface area (TPSA) is 41.0 Å². The van der Waals surface area contributed by atoms with Crippen molar-refractivity contribution < 1.29 is 8.78 Å². The molecule has 0 bridgehead atoms. The molecule has 4 rings (SSSR count). The van der Waals surface area contributed by atoms with Gasteiger partial charge in [-0.15, -0.1) is 0 Å². The lowest BCUT2D eigenvalue weighted by Gasteiger charge is -2.36. The maximum Gasteiger partial charge on any atom is 0.326 e. The van der Waals surface area contributed by atoms with Gasteiger partial charge in [0.2, 0.25) is 0 Å². The second-order valence-corrected chi connectivity index (χ2v) is 6.90. The van der Waals surface area contributed by atoms with Crippen LogP contribution < -0.4 is 5.69 Å². The largest absolute Gasteiger partial charge is 0.326 e. The lowest BCUT2D eigenvalue weighted by Crippen LogP contribution is -2.38. The first kappa shape index (κ1) is 17.0. The third-order valence-electron chi connectivity index (χ3n) is 5.45. The van der Waals surface area contributed by atoms with Crippen molar-refractivity contribution >= 4 is 11.0 Å². The number of rotatable bonds is 3. The van der Waals surface area contributed by atoms with Crippen molar-refractivity contribution in [3.8, 4) is 0 Å². The fourth-order valence-corrected chi connectivity index (χ4v) is 4.06. The summed E-state index contributed by atoms with van der Waals surface area (Å²) in [5, 5.41) is 0. The summed E-state index contributed by atoms with van der Waals surface area (Å²) < 4.78 is 30.0. The van der Waals surface area contributed by atoms with Crippen LogP contribution in [0.5, 0.6) is 0 Å². The smallest absolute Gasteiger partial charge is 0.306 e. The Morgan fingerprint density at radius 1 is 1.04 bits per heavy atom. The summed E-state index contributed by atoms with van der Waals surface area (Å²) in [5.41, 5.74) is 1.76. The molecule has 0 amide bonds. The summed E-state index contributed by atoms with van der Waals surface area (Å²) in [7, 11) is 0. The van der Waals surface area contributed by atoms with E-state index in [9.17, 15) is 13.6 Å². The minimum absolute atomic E-state index is 0.0903. The van der Waals surface area contributed by atoms with Crippen LogP contribution in [0.1, 0.15) is 37.4 Å². The van der Waals surface area contributed by atoms with Crippen LogP contribution in [0.3, 0.4) is 0 Å². The minimum Gasteiger partial charge on any atom is -0.306 e. The number of imidazole rings is 1. The molecule has 1 fully saturated rings. The lowest BCUT2D eigenvalue weighted by molar-refractivity contribution is 0.139. The molecule has 1 aromatic heterocycles. The van der Waals surface area contributed by atoms with Gasteiger partial charge in [0.1, 0.15) is 11.6 Å². The quantitative estimate of drug-likeness (QED) is 0.770. The first-order valence-corrected chi connectivity index (χ1v) is 8.93. The van der Waals surface area contributed by atoms with Crippen molar-refractivity contribution in [3.63, 3.8) is 0 Å². The van der Waals surface area contributed by atoms with E-state index in [0.29, 0.717) is 13.1 Å². The highest BCUT2D eigenvalue weighted by Gasteiger charge is 2.28.